The molecule has 0 radical (unpaired) electrons. The highest BCUT2D eigenvalue weighted by molar-refractivity contribution is 5.47. The quantitative estimate of drug-likeness (QED) is 0.244. The summed E-state index contributed by atoms with van der Waals surface area (Å²) >= 11 is 0. The fourth-order valence-electron chi connectivity index (χ4n) is 2.78. The third kappa shape index (κ3) is 6.22. The minimum atomic E-state index is -0.0657. The maximum atomic E-state index is 12.2. The van der Waals surface area contributed by atoms with Gasteiger partial charge in [0.1, 0.15) is 5.69 Å². The number of hydrogen-bond acceptors (Lipinski definition) is 3. The number of unbranched alkanes of at least 4 members (excludes halogenated alkanes) is 5. The van der Waals surface area contributed by atoms with Gasteiger partial charge in [0.15, 0.2) is 5.75 Å². The van der Waals surface area contributed by atoms with E-state index in [1.165, 1.54) is 50.2 Å². The molecule has 0 heterocycles. The van der Waals surface area contributed by atoms with E-state index in [-0.39, 0.29) is 11.4 Å². The molecule has 0 saturated heterocycles. The zero-order valence-electron chi connectivity index (χ0n) is 15.2. The monoisotopic (exact) mass is 340 g/mol. The highest BCUT2D eigenvalue weighted by Gasteiger charge is 2.11. The molecule has 0 fully saturated rings. The van der Waals surface area contributed by atoms with Gasteiger partial charge >= 0.3 is 0 Å². The van der Waals surface area contributed by atoms with Crippen LogP contribution in [0.3, 0.4) is 0 Å². The number of azo groups is 1. The van der Waals surface area contributed by atoms with Crippen LogP contribution in [0.1, 0.15) is 56.6 Å². The van der Waals surface area contributed by atoms with Crippen molar-refractivity contribution in [3.8, 4) is 5.75 Å². The first-order valence-corrected chi connectivity index (χ1v) is 9.17. The van der Waals surface area contributed by atoms with Crippen molar-refractivity contribution in [2.45, 2.75) is 58.8 Å². The van der Waals surface area contributed by atoms with E-state index in [1.54, 1.807) is 12.1 Å². The number of aryl methyl sites for hydroxylation is 2. The van der Waals surface area contributed by atoms with Gasteiger partial charge in [0.2, 0.25) is 0 Å². The standard InChI is InChI=1S/C21H28N2O2/c1-3-4-5-6-7-8-9-18-11-13-19(14-12-18)22-23(25)20-16-17(2)10-15-21(20)24/h10-16,24H,3-9H2,1-2H3. The van der Waals surface area contributed by atoms with Crippen LogP contribution < -0.4 is 0 Å². The van der Waals surface area contributed by atoms with E-state index < -0.39 is 0 Å². The molecule has 0 aliphatic heterocycles. The molecule has 0 atom stereocenters. The second-order valence-electron chi connectivity index (χ2n) is 6.55. The second kappa shape index (κ2) is 9.82. The van der Waals surface area contributed by atoms with Gasteiger partial charge < -0.3 is 10.3 Å². The Morgan fingerprint density at radius 2 is 1.64 bits per heavy atom. The number of rotatable bonds is 9. The molecule has 4 nitrogen and oxygen atoms in total. The van der Waals surface area contributed by atoms with Crippen LogP contribution in [0.5, 0.6) is 5.75 Å². The summed E-state index contributed by atoms with van der Waals surface area (Å²) in [5.41, 5.74) is 2.92. The summed E-state index contributed by atoms with van der Waals surface area (Å²) in [4.78, 5) is 0.477. The lowest BCUT2D eigenvalue weighted by Gasteiger charge is -2.04. The molecule has 25 heavy (non-hydrogen) atoms. The normalized spacial score (nSPS) is 11.7. The number of hydrogen-bond donors (Lipinski definition) is 1. The van der Waals surface area contributed by atoms with Gasteiger partial charge in [0.05, 0.1) is 0 Å². The average Bonchev–Trinajstić information content (AvgIpc) is 2.61. The van der Waals surface area contributed by atoms with Crippen molar-refractivity contribution in [3.63, 3.8) is 0 Å². The van der Waals surface area contributed by atoms with Crippen LogP contribution in [-0.2, 0) is 6.42 Å². The molecule has 0 amide bonds. The zero-order chi connectivity index (χ0) is 18.1. The fourth-order valence-corrected chi connectivity index (χ4v) is 2.78. The Bertz CT molecular complexity index is 694. The lowest BCUT2D eigenvalue weighted by molar-refractivity contribution is -0.436. The zero-order valence-corrected chi connectivity index (χ0v) is 15.2. The van der Waals surface area contributed by atoms with Gasteiger partial charge in [-0.05, 0) is 54.0 Å². The largest absolute Gasteiger partial charge is 0.594 e. The molecule has 1 N–H and O–H groups in total. The lowest BCUT2D eigenvalue weighted by atomic mass is 10.0. The molecule has 0 aliphatic rings. The molecule has 2 aromatic rings. The van der Waals surface area contributed by atoms with Gasteiger partial charge in [-0.1, -0.05) is 57.2 Å². The topological polar surface area (TPSA) is 58.7 Å². The molecule has 4 heteroatoms. The summed E-state index contributed by atoms with van der Waals surface area (Å²) < 4.78 is 0. The Hall–Kier alpha value is -2.36. The fraction of sp³-hybridized carbons (Fsp3) is 0.429. The number of phenolic OH excluding ortho intramolecular Hbond substituents is 1. The SMILES string of the molecule is CCCCCCCCc1ccc(N=[N+]([O-])c2cc(C)ccc2O)cc1. The Kier molecular flexibility index (Phi) is 7.45. The molecule has 0 bridgehead atoms. The van der Waals surface area contributed by atoms with Crippen molar-refractivity contribution in [2.75, 3.05) is 0 Å². The minimum Gasteiger partial charge on any atom is -0.594 e. The Morgan fingerprint density at radius 3 is 2.36 bits per heavy atom. The van der Waals surface area contributed by atoms with Gasteiger partial charge in [-0.2, -0.15) is 0 Å². The van der Waals surface area contributed by atoms with E-state index in [4.69, 9.17) is 0 Å². The Balaban J connectivity index is 1.92. The summed E-state index contributed by atoms with van der Waals surface area (Å²) in [5, 5.41) is 26.0. The second-order valence-corrected chi connectivity index (χ2v) is 6.55. The van der Waals surface area contributed by atoms with E-state index in [9.17, 15) is 10.3 Å². The summed E-state index contributed by atoms with van der Waals surface area (Å²) in [6.45, 7) is 4.10. The van der Waals surface area contributed by atoms with Gasteiger partial charge in [-0.3, -0.25) is 0 Å². The van der Waals surface area contributed by atoms with Crippen molar-refractivity contribution < 1.29 is 9.97 Å². The molecule has 0 aromatic heterocycles. The van der Waals surface area contributed by atoms with Crippen molar-refractivity contribution in [1.82, 2.24) is 0 Å². The van der Waals surface area contributed by atoms with Gasteiger partial charge in [-0.25, -0.2) is 0 Å². The molecule has 2 rings (SSSR count). The number of aromatic hydroxyl groups is 1. The highest BCUT2D eigenvalue weighted by atomic mass is 16.5. The smallest absolute Gasteiger partial charge is 0.286 e. The van der Waals surface area contributed by atoms with Crippen molar-refractivity contribution in [1.29, 1.82) is 0 Å². The molecule has 0 spiro atoms. The van der Waals surface area contributed by atoms with Crippen molar-refractivity contribution >= 4 is 11.4 Å². The highest BCUT2D eigenvalue weighted by Crippen LogP contribution is 2.28. The van der Waals surface area contributed by atoms with Crippen molar-refractivity contribution in [3.05, 3.63) is 58.8 Å². The van der Waals surface area contributed by atoms with Gasteiger partial charge in [0.25, 0.3) is 5.69 Å². The molecule has 0 aliphatic carbocycles. The van der Waals surface area contributed by atoms with Crippen LogP contribution in [0, 0.1) is 12.1 Å². The van der Waals surface area contributed by atoms with E-state index in [0.717, 1.165) is 12.0 Å². The van der Waals surface area contributed by atoms with Crippen LogP contribution in [-0.4, -0.2) is 9.97 Å². The maximum absolute atomic E-state index is 12.2. The van der Waals surface area contributed by atoms with E-state index in [2.05, 4.69) is 12.0 Å². The Morgan fingerprint density at radius 1 is 0.960 bits per heavy atom. The number of phenols is 1. The average molecular weight is 340 g/mol. The number of nitrogens with zero attached hydrogens (tertiary/aromatic N) is 2. The van der Waals surface area contributed by atoms with Crippen LogP contribution >= 0.6 is 0 Å². The first-order valence-electron chi connectivity index (χ1n) is 9.17. The molecule has 134 valence electrons. The summed E-state index contributed by atoms with van der Waals surface area (Å²) in [7, 11) is 0. The maximum Gasteiger partial charge on any atom is 0.286 e. The molecule has 0 unspecified atom stereocenters. The van der Waals surface area contributed by atoms with Gasteiger partial charge in [0, 0.05) is 11.2 Å². The molecular weight excluding hydrogens is 312 g/mol. The third-order valence-corrected chi connectivity index (χ3v) is 4.30. The summed E-state index contributed by atoms with van der Waals surface area (Å²) in [5.74, 6) is -0.0657. The first kappa shape index (κ1) is 19.0. The minimum absolute atomic E-state index is 0.0657. The van der Waals surface area contributed by atoms with E-state index in [0.29, 0.717) is 10.5 Å². The number of benzene rings is 2. The third-order valence-electron chi connectivity index (χ3n) is 4.30. The van der Waals surface area contributed by atoms with Crippen molar-refractivity contribution in [2.24, 2.45) is 5.11 Å². The molecular formula is C21H28N2O2. The molecule has 0 saturated carbocycles. The first-order chi connectivity index (χ1) is 12.1. The lowest BCUT2D eigenvalue weighted by Crippen LogP contribution is -1.92. The van der Waals surface area contributed by atoms with Crippen LogP contribution in [0.4, 0.5) is 11.4 Å². The van der Waals surface area contributed by atoms with Gasteiger partial charge in [-0.15, -0.1) is 0 Å². The van der Waals surface area contributed by atoms with Crippen LogP contribution in [0.25, 0.3) is 0 Å². The van der Waals surface area contributed by atoms with Crippen LogP contribution in [0.2, 0.25) is 0 Å². The summed E-state index contributed by atoms with van der Waals surface area (Å²) in [6, 6.07) is 12.6. The van der Waals surface area contributed by atoms with E-state index >= 15 is 0 Å². The predicted molar refractivity (Wildman–Crippen MR) is 102 cm³/mol. The summed E-state index contributed by atoms with van der Waals surface area (Å²) in [6.07, 6.45) is 8.79. The van der Waals surface area contributed by atoms with E-state index in [1.807, 2.05) is 31.2 Å². The molecule has 2 aromatic carbocycles. The predicted octanol–water partition coefficient (Wildman–Crippen LogP) is 6.53. The van der Waals surface area contributed by atoms with Crippen LogP contribution in [0.15, 0.2) is 47.6 Å². The Labute approximate surface area is 150 Å².